The van der Waals surface area contributed by atoms with E-state index in [4.69, 9.17) is 63.1 Å². The lowest BCUT2D eigenvalue weighted by atomic mass is 9.75. The largest absolute Gasteiger partial charge is 0.464 e. The van der Waals surface area contributed by atoms with Crippen molar-refractivity contribution < 1.29 is 85.0 Å². The van der Waals surface area contributed by atoms with E-state index in [2.05, 4.69) is 31.3 Å². The number of aromatic nitrogens is 6. The molecule has 99 heavy (non-hydrogen) atoms. The molecule has 2 saturated carbocycles. The number of carbonyl (C=O) groups is 4. The Hall–Kier alpha value is -7.61. The first-order valence-electron chi connectivity index (χ1n) is 33.3. The van der Waals surface area contributed by atoms with E-state index in [0.717, 1.165) is 36.7 Å². The summed E-state index contributed by atoms with van der Waals surface area (Å²) in [5.41, 5.74) is 11.3. The predicted octanol–water partition coefficient (Wildman–Crippen LogP) is 8.56. The van der Waals surface area contributed by atoms with Crippen molar-refractivity contribution in [2.45, 2.75) is 199 Å². The number of nitrogens with zero attached hydrogens (tertiary/aromatic N) is 7. The SMILES string of the molecule is CC(C)C(=O)O[C@H]1[C@@H](OC(=O)C(C)C)[C@](C#N)(c2ccc3c(N)ncnn23)O[C@@H]1COP(=O)(N[C@@H](C)C(=O)OCC1CC(c2nc(N)c3ccc([C@]4(C)O[C@H](COP(=O)(N[C@@H](C)C(=O)OCC5CCC5)Oc5ccc(C(C)(C)C)cc5)[C@@H](O)[C@H]4O)n3n2)C1)Oc1ccc(C(C)(C)C)cc1. The van der Waals surface area contributed by atoms with Crippen molar-refractivity contribution in [1.82, 2.24) is 39.4 Å². The minimum atomic E-state index is -4.75. The van der Waals surface area contributed by atoms with E-state index >= 15 is 4.57 Å². The first-order chi connectivity index (χ1) is 46.5. The lowest BCUT2D eigenvalue weighted by molar-refractivity contribution is -0.173. The van der Waals surface area contributed by atoms with Crippen LogP contribution in [0.15, 0.2) is 79.1 Å². The van der Waals surface area contributed by atoms with E-state index in [-0.39, 0.29) is 76.1 Å². The number of nitriles is 1. The zero-order valence-corrected chi connectivity index (χ0v) is 59.8. The van der Waals surface area contributed by atoms with E-state index in [0.29, 0.717) is 29.9 Å². The monoisotopic (exact) mass is 1410 g/mol. The first-order valence-corrected chi connectivity index (χ1v) is 36.4. The van der Waals surface area contributed by atoms with Crippen molar-refractivity contribution in [3.8, 4) is 17.6 Å². The van der Waals surface area contributed by atoms with Gasteiger partial charge in [-0.1, -0.05) is 99.9 Å². The van der Waals surface area contributed by atoms with Gasteiger partial charge in [0.2, 0.25) is 5.60 Å². The molecule has 10 rings (SSSR count). The predicted molar refractivity (Wildman–Crippen MR) is 359 cm³/mol. The maximum absolute atomic E-state index is 15.3. The lowest BCUT2D eigenvalue weighted by Gasteiger charge is -2.34. The molecule has 12 atom stereocenters. The van der Waals surface area contributed by atoms with E-state index in [9.17, 15) is 39.2 Å². The van der Waals surface area contributed by atoms with E-state index < -0.39 is 124 Å². The zero-order valence-electron chi connectivity index (χ0n) is 58.0. The smallest absolute Gasteiger partial charge is 0.459 e. The van der Waals surface area contributed by atoms with Crippen LogP contribution in [0.5, 0.6) is 11.5 Å². The number of aliphatic hydroxyl groups excluding tert-OH is 2. The standard InChI is InChI=1S/C68H91N11O18P2/c1-37(2)61(82)92-55-51(95-68(35-69,57(55)93-62(83)38(3)4)53-28-26-48-58(70)72-36-73-78(48)53)34-91-99(87,97-47-23-19-45(20-24-47)66(10,11)12)77-40(6)64(85)89-32-42-29-43(30-42)60-74-59(71)49-25-27-52(79(49)75-60)67(13)56(81)54(80)50(94-67)33-90-98(86,76-39(5)63(84)88-31-41-15-14-16-41)96-46-21-17-44(18-22-46)65(7,8)9/h17-28,36-43,50-51,54-57,80-81H,14-16,29-34H2,1-13H3,(H,76,86)(H,77,87)(H2,70,72,73)(H2,71,74,75)/t39-,40-,42?,43?,50+,51+,54+,55+,56+,57+,67-,68-,98?,99?/m0/s1. The summed E-state index contributed by atoms with van der Waals surface area (Å²) in [6.45, 7) is 21.8. The summed E-state index contributed by atoms with van der Waals surface area (Å²) in [4.78, 5) is 62.9. The third-order valence-electron chi connectivity index (χ3n) is 18.5. The van der Waals surface area contributed by atoms with Crippen LogP contribution in [0.3, 0.4) is 0 Å². The molecule has 31 heteroatoms. The number of nitrogen functional groups attached to an aromatic ring is 2. The summed E-state index contributed by atoms with van der Waals surface area (Å²) in [5.74, 6) is -3.90. The maximum Gasteiger partial charge on any atom is 0.459 e. The Morgan fingerprint density at radius 1 is 0.677 bits per heavy atom. The van der Waals surface area contributed by atoms with Crippen LogP contribution in [0, 0.1) is 35.0 Å². The molecular weight excluding hydrogens is 1320 g/mol. The van der Waals surface area contributed by atoms with Crippen molar-refractivity contribution in [2.75, 3.05) is 37.9 Å². The fourth-order valence-electron chi connectivity index (χ4n) is 12.1. The molecule has 6 aromatic rings. The molecule has 0 bridgehead atoms. The summed E-state index contributed by atoms with van der Waals surface area (Å²) in [6, 6.07) is 19.6. The van der Waals surface area contributed by atoms with Crippen molar-refractivity contribution in [2.24, 2.45) is 23.7 Å². The van der Waals surface area contributed by atoms with Gasteiger partial charge in [-0.15, -0.1) is 0 Å². The van der Waals surface area contributed by atoms with Gasteiger partial charge in [-0.3, -0.25) is 28.2 Å². The third kappa shape index (κ3) is 16.1. The molecule has 0 amide bonds. The van der Waals surface area contributed by atoms with Gasteiger partial charge >= 0.3 is 39.4 Å². The first kappa shape index (κ1) is 74.1. The average molecular weight is 1410 g/mol. The molecule has 4 aromatic heterocycles. The van der Waals surface area contributed by atoms with Gasteiger partial charge in [0.05, 0.1) is 49.7 Å². The molecule has 4 aliphatic rings. The molecule has 0 radical (unpaired) electrons. The Morgan fingerprint density at radius 2 is 1.18 bits per heavy atom. The molecule has 536 valence electrons. The minimum absolute atomic E-state index is 0.0313. The lowest BCUT2D eigenvalue weighted by Crippen LogP contribution is -2.47. The molecule has 4 fully saturated rings. The van der Waals surface area contributed by atoms with E-state index in [1.807, 2.05) is 53.7 Å². The van der Waals surface area contributed by atoms with Gasteiger partial charge in [-0.05, 0) is 129 Å². The number of benzene rings is 2. The fraction of sp³-hybridized carbons (Fsp3) is 0.574. The molecule has 29 nitrogen and oxygen atoms in total. The van der Waals surface area contributed by atoms with Crippen LogP contribution < -0.4 is 30.7 Å². The summed E-state index contributed by atoms with van der Waals surface area (Å²) < 4.78 is 93.4. The highest BCUT2D eigenvalue weighted by Crippen LogP contribution is 2.51. The number of hydrogen-bond acceptors (Lipinski definition) is 25. The van der Waals surface area contributed by atoms with Crippen LogP contribution in [0.25, 0.3) is 11.0 Å². The van der Waals surface area contributed by atoms with Gasteiger partial charge in [-0.25, -0.2) is 28.1 Å². The Labute approximate surface area is 574 Å². The highest BCUT2D eigenvalue weighted by Gasteiger charge is 2.63. The van der Waals surface area contributed by atoms with Gasteiger partial charge in [0.15, 0.2) is 29.7 Å². The van der Waals surface area contributed by atoms with E-state index in [1.165, 1.54) is 35.0 Å². The summed E-state index contributed by atoms with van der Waals surface area (Å²) in [5, 5.41) is 49.2. The van der Waals surface area contributed by atoms with Crippen LogP contribution in [0.4, 0.5) is 11.6 Å². The van der Waals surface area contributed by atoms with Gasteiger partial charge in [0.25, 0.3) is 0 Å². The number of carbonyl (C=O) groups excluding carboxylic acids is 4. The van der Waals surface area contributed by atoms with Crippen molar-refractivity contribution in [1.29, 1.82) is 5.26 Å². The van der Waals surface area contributed by atoms with Crippen LogP contribution >= 0.6 is 15.5 Å². The van der Waals surface area contributed by atoms with Crippen LogP contribution in [-0.4, -0.2) is 138 Å². The molecule has 2 aliphatic carbocycles. The van der Waals surface area contributed by atoms with Gasteiger partial charge in [0, 0.05) is 5.92 Å². The second-order valence-electron chi connectivity index (χ2n) is 28.9. The molecular formula is C68H91N11O18P2. The number of nitrogens with two attached hydrogens (primary N) is 2. The number of ether oxygens (including phenoxy) is 6. The summed E-state index contributed by atoms with van der Waals surface area (Å²) in [6.07, 6.45) is -4.20. The second kappa shape index (κ2) is 29.2. The second-order valence-corrected chi connectivity index (χ2v) is 32.3. The summed E-state index contributed by atoms with van der Waals surface area (Å²) in [7, 11) is -9.20. The normalized spacial score (nSPS) is 26.0. The van der Waals surface area contributed by atoms with Crippen LogP contribution in [0.2, 0.25) is 0 Å². The minimum Gasteiger partial charge on any atom is -0.464 e. The fourth-order valence-corrected chi connectivity index (χ4v) is 15.1. The maximum atomic E-state index is 15.3. The number of esters is 4. The van der Waals surface area contributed by atoms with Crippen molar-refractivity contribution in [3.05, 3.63) is 107 Å². The quantitative estimate of drug-likeness (QED) is 0.0160. The Morgan fingerprint density at radius 3 is 1.69 bits per heavy atom. The number of fused-ring (bicyclic) bond motifs is 2. The van der Waals surface area contributed by atoms with Gasteiger partial charge in [0.1, 0.15) is 77.0 Å². The number of anilines is 2. The summed E-state index contributed by atoms with van der Waals surface area (Å²) >= 11 is 0. The zero-order chi connectivity index (χ0) is 71.9. The topological polar surface area (TPSA) is 395 Å². The number of nitrogens with one attached hydrogen (secondary N) is 2. The Balaban J connectivity index is 0.817. The third-order valence-corrected chi connectivity index (χ3v) is 21.8. The van der Waals surface area contributed by atoms with Crippen molar-refractivity contribution >= 4 is 62.0 Å². The number of aliphatic hydroxyl groups is 2. The average Bonchev–Trinajstić information content (AvgIpc) is 1.58. The molecule has 2 saturated heterocycles. The Bertz CT molecular complexity index is 4070. The van der Waals surface area contributed by atoms with Gasteiger partial charge < -0.3 is 59.1 Å². The van der Waals surface area contributed by atoms with Crippen LogP contribution in [0.1, 0.15) is 156 Å². The van der Waals surface area contributed by atoms with E-state index in [1.54, 1.807) is 83.1 Å². The number of hydrogen-bond donors (Lipinski definition) is 6. The molecule has 2 unspecified atom stereocenters. The highest BCUT2D eigenvalue weighted by atomic mass is 31.2. The molecule has 2 aliphatic heterocycles. The van der Waals surface area contributed by atoms with Crippen LogP contribution in [-0.2, 0) is 87.8 Å². The van der Waals surface area contributed by atoms with Gasteiger partial charge in [-0.2, -0.15) is 25.6 Å². The Kier molecular flexibility index (Phi) is 21.8. The molecule has 8 N–H and O–H groups in total. The molecule has 0 spiro atoms. The van der Waals surface area contributed by atoms with Crippen molar-refractivity contribution in [3.63, 3.8) is 0 Å². The molecule has 2 aromatic carbocycles. The highest BCUT2D eigenvalue weighted by molar-refractivity contribution is 7.52. The molecule has 6 heterocycles. The number of rotatable bonds is 27.